The van der Waals surface area contributed by atoms with E-state index < -0.39 is 36.8 Å². The fourth-order valence-corrected chi connectivity index (χ4v) is 9.75. The van der Waals surface area contributed by atoms with Crippen molar-refractivity contribution in [2.24, 2.45) is 5.92 Å². The van der Waals surface area contributed by atoms with Crippen molar-refractivity contribution in [3.8, 4) is 27.7 Å². The molecule has 4 aliphatic rings. The molecule has 58 heavy (non-hydrogen) atoms. The van der Waals surface area contributed by atoms with Crippen LogP contribution < -0.4 is 25.3 Å². The Morgan fingerprint density at radius 3 is 2.14 bits per heavy atom. The van der Waals surface area contributed by atoms with E-state index in [1.54, 1.807) is 36.4 Å². The van der Waals surface area contributed by atoms with E-state index in [1.165, 1.54) is 11.3 Å². The topological polar surface area (TPSA) is 163 Å². The van der Waals surface area contributed by atoms with Crippen LogP contribution in [0.25, 0.3) is 20.5 Å². The molecule has 4 N–H and O–H groups in total. The lowest BCUT2D eigenvalue weighted by molar-refractivity contribution is -0.136. The van der Waals surface area contributed by atoms with Gasteiger partial charge in [0, 0.05) is 73.7 Å². The molecular weight excluding hydrogens is 757 g/mol. The molecule has 4 amide bonds. The zero-order chi connectivity index (χ0) is 40.1. The molecule has 0 bridgehead atoms. The van der Waals surface area contributed by atoms with Crippen LogP contribution in [0.5, 0.6) is 17.2 Å². The fraction of sp³-hybridized carbons (Fsp3) is 0.302. The van der Waals surface area contributed by atoms with E-state index in [2.05, 4.69) is 32.1 Å². The number of imide groups is 2. The molecule has 4 aromatic carbocycles. The number of nitrogens with one attached hydrogen (secondary N) is 1. The molecule has 1 unspecified atom stereocenters. The molecule has 296 valence electrons. The maximum atomic E-state index is 13.3. The minimum absolute atomic E-state index is 0.0913. The number of aromatic hydroxyl groups is 1. The fourth-order valence-electron chi connectivity index (χ4n) is 8.59. The van der Waals surface area contributed by atoms with Crippen LogP contribution in [0.4, 0.5) is 11.4 Å². The molecule has 3 saturated heterocycles. The Kier molecular flexibility index (Phi) is 10.1. The molecule has 0 radical (unpaired) electrons. The Bertz CT molecular complexity index is 2410. The minimum atomic E-state index is -1.55. The van der Waals surface area contributed by atoms with Gasteiger partial charge in [-0.2, -0.15) is 0 Å². The van der Waals surface area contributed by atoms with Gasteiger partial charge in [-0.3, -0.25) is 34.3 Å². The molecule has 0 saturated carbocycles. The Hall–Kier alpha value is -5.74. The van der Waals surface area contributed by atoms with E-state index in [1.807, 2.05) is 36.4 Å². The summed E-state index contributed by atoms with van der Waals surface area (Å²) in [5.41, 5.74) is 3.91. The Morgan fingerprint density at radius 2 is 1.43 bits per heavy atom. The summed E-state index contributed by atoms with van der Waals surface area (Å²) >= 11 is 1.50. The van der Waals surface area contributed by atoms with Gasteiger partial charge in [0.25, 0.3) is 11.8 Å². The summed E-state index contributed by atoms with van der Waals surface area (Å²) in [5, 5.41) is 32.4. The number of rotatable bonds is 9. The van der Waals surface area contributed by atoms with Crippen molar-refractivity contribution in [2.75, 3.05) is 55.6 Å². The molecule has 5 heterocycles. The SMILES string of the molecule is O=C1CCC(N2C(=O)c3ccc(N4CCC(CN5CCN(c6ccc(Oc7c(-c8ccc(B(O)O)cc8)sc8cc(O)ccc78)cc6)CC5)CC4)cc3C2=O)C(=O)N1. The summed E-state index contributed by atoms with van der Waals surface area (Å²) in [6.45, 7) is 6.49. The third kappa shape index (κ3) is 7.30. The second kappa shape index (κ2) is 15.6. The number of nitrogens with zero attached hydrogens (tertiary/aromatic N) is 4. The summed E-state index contributed by atoms with van der Waals surface area (Å²) in [4.78, 5) is 59.7. The van der Waals surface area contributed by atoms with Crippen LogP contribution >= 0.6 is 11.3 Å². The van der Waals surface area contributed by atoms with Crippen LogP contribution in [0, 0.1) is 5.92 Å². The van der Waals surface area contributed by atoms with Crippen LogP contribution in [0.3, 0.4) is 0 Å². The molecule has 9 rings (SSSR count). The largest absolute Gasteiger partial charge is 0.508 e. The molecule has 3 fully saturated rings. The van der Waals surface area contributed by atoms with Crippen LogP contribution in [-0.4, -0.2) is 108 Å². The smallest absolute Gasteiger partial charge is 0.488 e. The first kappa shape index (κ1) is 37.8. The number of anilines is 2. The maximum absolute atomic E-state index is 13.3. The first-order chi connectivity index (χ1) is 28.1. The van der Waals surface area contributed by atoms with Gasteiger partial charge in [-0.05, 0) is 96.9 Å². The number of ether oxygens (including phenoxy) is 1. The molecule has 15 heteroatoms. The molecule has 1 atom stereocenters. The van der Waals surface area contributed by atoms with Gasteiger partial charge in [-0.15, -0.1) is 11.3 Å². The van der Waals surface area contributed by atoms with Gasteiger partial charge < -0.3 is 29.7 Å². The third-order valence-electron chi connectivity index (χ3n) is 11.8. The van der Waals surface area contributed by atoms with Gasteiger partial charge in [0.15, 0.2) is 5.75 Å². The summed E-state index contributed by atoms with van der Waals surface area (Å²) < 4.78 is 7.41. The van der Waals surface area contributed by atoms with E-state index in [-0.39, 0.29) is 18.6 Å². The highest BCUT2D eigenvalue weighted by molar-refractivity contribution is 7.22. The van der Waals surface area contributed by atoms with Crippen LogP contribution in [0.2, 0.25) is 0 Å². The number of hydrogen-bond donors (Lipinski definition) is 4. The number of piperazine rings is 1. The molecule has 5 aromatic rings. The van der Waals surface area contributed by atoms with Crippen molar-refractivity contribution >= 4 is 69.0 Å². The van der Waals surface area contributed by atoms with E-state index in [9.17, 15) is 34.3 Å². The summed E-state index contributed by atoms with van der Waals surface area (Å²) in [7, 11) is -1.55. The van der Waals surface area contributed by atoms with Crippen molar-refractivity contribution < 1.29 is 39.1 Å². The van der Waals surface area contributed by atoms with Crippen molar-refractivity contribution in [1.82, 2.24) is 15.1 Å². The summed E-state index contributed by atoms with van der Waals surface area (Å²) in [6, 6.07) is 24.8. The van der Waals surface area contributed by atoms with Gasteiger partial charge in [0.05, 0.1) is 16.0 Å². The van der Waals surface area contributed by atoms with E-state index in [0.717, 1.165) is 95.5 Å². The number of hydrogen-bond acceptors (Lipinski definition) is 12. The second-order valence-electron chi connectivity index (χ2n) is 15.4. The first-order valence-electron chi connectivity index (χ1n) is 19.7. The molecule has 0 aliphatic carbocycles. The number of carbonyl (C=O) groups excluding carboxylic acids is 4. The molecular formula is C43H42BN5O8S. The standard InChI is InChI=1S/C43H42BN5O8S/c50-31-8-12-34-37(24-31)58-40(27-1-3-28(4-2-27)44(55)56)39(34)57-32-9-5-29(6-10-32)48-21-19-46(20-22-48)25-26-15-17-47(18-16-26)30-7-11-33-35(23-30)43(54)49(42(33)53)36-13-14-38(51)45-41(36)52/h1-12,23-24,26,36,50,55-56H,13-22,25H2,(H,45,51,52). The lowest BCUT2D eigenvalue weighted by Gasteiger charge is -2.40. The lowest BCUT2D eigenvalue weighted by Crippen LogP contribution is -2.54. The number of phenols is 1. The second-order valence-corrected chi connectivity index (χ2v) is 16.5. The van der Waals surface area contributed by atoms with Crippen LogP contribution in [-0.2, 0) is 9.59 Å². The number of carbonyl (C=O) groups is 4. The Morgan fingerprint density at radius 1 is 0.741 bits per heavy atom. The summed E-state index contributed by atoms with van der Waals surface area (Å²) in [5.74, 6) is 0.139. The van der Waals surface area contributed by atoms with Gasteiger partial charge >= 0.3 is 7.12 Å². The van der Waals surface area contributed by atoms with Gasteiger partial charge in [-0.1, -0.05) is 24.3 Å². The van der Waals surface area contributed by atoms with E-state index >= 15 is 0 Å². The number of phenolic OH excluding ortho intramolecular Hbond substituents is 1. The van der Waals surface area contributed by atoms with E-state index in [4.69, 9.17) is 4.74 Å². The molecule has 1 aromatic heterocycles. The predicted molar refractivity (Wildman–Crippen MR) is 222 cm³/mol. The highest BCUT2D eigenvalue weighted by Crippen LogP contribution is 2.47. The monoisotopic (exact) mass is 799 g/mol. The zero-order valence-corrected chi connectivity index (χ0v) is 32.5. The predicted octanol–water partition coefficient (Wildman–Crippen LogP) is 4.19. The van der Waals surface area contributed by atoms with Crippen molar-refractivity contribution in [2.45, 2.75) is 31.7 Å². The lowest BCUT2D eigenvalue weighted by atomic mass is 9.80. The first-order valence-corrected chi connectivity index (χ1v) is 20.5. The van der Waals surface area contributed by atoms with Crippen molar-refractivity contribution in [3.05, 3.63) is 96.1 Å². The Labute approximate surface area is 339 Å². The van der Waals surface area contributed by atoms with Crippen molar-refractivity contribution in [1.29, 1.82) is 0 Å². The zero-order valence-electron chi connectivity index (χ0n) is 31.7. The molecule has 0 spiro atoms. The van der Waals surface area contributed by atoms with Crippen molar-refractivity contribution in [3.63, 3.8) is 0 Å². The van der Waals surface area contributed by atoms with Gasteiger partial charge in [0.2, 0.25) is 11.8 Å². The Balaban J connectivity index is 0.779. The number of piperidine rings is 2. The average Bonchev–Trinajstić information content (AvgIpc) is 3.70. The molecule has 4 aliphatic heterocycles. The number of amides is 4. The third-order valence-corrected chi connectivity index (χ3v) is 13.0. The summed E-state index contributed by atoms with van der Waals surface area (Å²) in [6.07, 6.45) is 2.27. The number of thiophene rings is 1. The highest BCUT2D eigenvalue weighted by atomic mass is 32.1. The minimum Gasteiger partial charge on any atom is -0.508 e. The van der Waals surface area contributed by atoms with Gasteiger partial charge in [0.1, 0.15) is 17.5 Å². The highest BCUT2D eigenvalue weighted by Gasteiger charge is 2.45. The van der Waals surface area contributed by atoms with Crippen LogP contribution in [0.1, 0.15) is 46.4 Å². The quantitative estimate of drug-likeness (QED) is 0.125. The average molecular weight is 800 g/mol. The van der Waals surface area contributed by atoms with E-state index in [0.29, 0.717) is 34.0 Å². The number of fused-ring (bicyclic) bond motifs is 2. The molecule has 13 nitrogen and oxygen atoms in total. The number of benzene rings is 4. The maximum Gasteiger partial charge on any atom is 0.488 e. The normalized spacial score (nSPS) is 19.2. The van der Waals surface area contributed by atoms with Crippen LogP contribution in [0.15, 0.2) is 84.9 Å². The van der Waals surface area contributed by atoms with Gasteiger partial charge in [-0.25, -0.2) is 0 Å².